The minimum atomic E-state index is -0.0871. The number of aryl methyl sites for hydroxylation is 1. The normalized spacial score (nSPS) is 10.5. The van der Waals surface area contributed by atoms with Crippen molar-refractivity contribution in [2.45, 2.75) is 20.8 Å². The van der Waals surface area contributed by atoms with Crippen LogP contribution in [0.5, 0.6) is 5.75 Å². The molecule has 0 unspecified atom stereocenters. The van der Waals surface area contributed by atoms with Crippen molar-refractivity contribution in [1.29, 1.82) is 0 Å². The molecule has 0 saturated heterocycles. The summed E-state index contributed by atoms with van der Waals surface area (Å²) in [5.41, 5.74) is 2.53. The minimum Gasteiger partial charge on any atom is -0.495 e. The molecular weight excluding hydrogens is 314 g/mol. The molecule has 1 aromatic heterocycles. The highest BCUT2D eigenvalue weighted by Gasteiger charge is 2.09. The summed E-state index contributed by atoms with van der Waals surface area (Å²) in [6.45, 7) is 5.59. The number of hydrogen-bond acceptors (Lipinski definition) is 4. The van der Waals surface area contributed by atoms with E-state index in [2.05, 4.69) is 15.6 Å². The van der Waals surface area contributed by atoms with Gasteiger partial charge in [0.25, 0.3) is 0 Å². The van der Waals surface area contributed by atoms with Crippen LogP contribution in [0.2, 0.25) is 5.02 Å². The Labute approximate surface area is 141 Å². The highest BCUT2D eigenvalue weighted by Crippen LogP contribution is 2.33. The predicted octanol–water partition coefficient (Wildman–Crippen LogP) is 4.39. The summed E-state index contributed by atoms with van der Waals surface area (Å²) in [6.07, 6.45) is 1.65. The van der Waals surface area contributed by atoms with Crippen molar-refractivity contribution in [3.8, 4) is 5.75 Å². The summed E-state index contributed by atoms with van der Waals surface area (Å²) >= 11 is 6.10. The van der Waals surface area contributed by atoms with Gasteiger partial charge in [-0.05, 0) is 30.7 Å². The lowest BCUT2D eigenvalue weighted by Gasteiger charge is -2.13. The average Bonchev–Trinajstić information content (AvgIpc) is 2.52. The number of anilines is 3. The molecule has 2 N–H and O–H groups in total. The van der Waals surface area contributed by atoms with Gasteiger partial charge in [0.1, 0.15) is 11.6 Å². The van der Waals surface area contributed by atoms with Crippen molar-refractivity contribution < 1.29 is 9.53 Å². The topological polar surface area (TPSA) is 63.2 Å². The molecule has 0 fully saturated rings. The van der Waals surface area contributed by atoms with Gasteiger partial charge in [-0.1, -0.05) is 25.4 Å². The Bertz CT molecular complexity index is 700. The predicted molar refractivity (Wildman–Crippen MR) is 93.7 cm³/mol. The molecule has 0 radical (unpaired) electrons. The molecule has 122 valence electrons. The highest BCUT2D eigenvalue weighted by molar-refractivity contribution is 6.31. The van der Waals surface area contributed by atoms with Crippen LogP contribution in [-0.2, 0) is 4.79 Å². The highest BCUT2D eigenvalue weighted by atomic mass is 35.5. The molecule has 23 heavy (non-hydrogen) atoms. The molecule has 6 heteroatoms. The van der Waals surface area contributed by atoms with Crippen LogP contribution in [0, 0.1) is 12.8 Å². The first-order valence-electron chi connectivity index (χ1n) is 7.28. The zero-order valence-electron chi connectivity index (χ0n) is 13.6. The van der Waals surface area contributed by atoms with E-state index in [1.54, 1.807) is 25.4 Å². The number of halogens is 1. The Morgan fingerprint density at radius 2 is 2.04 bits per heavy atom. The molecule has 0 aliphatic carbocycles. The number of aromatic nitrogens is 1. The number of hydrogen-bond donors (Lipinski definition) is 2. The number of carbonyl (C=O) groups excluding carboxylic acids is 1. The molecule has 1 amide bonds. The molecule has 0 atom stereocenters. The van der Waals surface area contributed by atoms with Gasteiger partial charge in [0, 0.05) is 17.0 Å². The number of carbonyl (C=O) groups is 1. The van der Waals surface area contributed by atoms with Crippen LogP contribution in [0.1, 0.15) is 19.4 Å². The fraction of sp³-hybridized carbons (Fsp3) is 0.294. The second-order valence-corrected chi connectivity index (χ2v) is 5.91. The van der Waals surface area contributed by atoms with Gasteiger partial charge >= 0.3 is 0 Å². The fourth-order valence-electron chi connectivity index (χ4n) is 1.90. The van der Waals surface area contributed by atoms with E-state index in [9.17, 15) is 4.79 Å². The van der Waals surface area contributed by atoms with E-state index in [-0.39, 0.29) is 11.8 Å². The molecule has 5 nitrogen and oxygen atoms in total. The third kappa shape index (κ3) is 4.36. The number of nitrogens with one attached hydrogen (secondary N) is 2. The monoisotopic (exact) mass is 333 g/mol. The van der Waals surface area contributed by atoms with Gasteiger partial charge in [0.2, 0.25) is 5.91 Å². The van der Waals surface area contributed by atoms with Crippen molar-refractivity contribution >= 4 is 34.7 Å². The second kappa shape index (κ2) is 7.33. The summed E-state index contributed by atoms with van der Waals surface area (Å²) < 4.78 is 5.33. The third-order valence-electron chi connectivity index (χ3n) is 3.30. The van der Waals surface area contributed by atoms with E-state index in [4.69, 9.17) is 16.3 Å². The Morgan fingerprint density at radius 1 is 1.30 bits per heavy atom. The summed E-state index contributed by atoms with van der Waals surface area (Å²) in [7, 11) is 1.59. The Balaban J connectivity index is 2.15. The van der Waals surface area contributed by atoms with E-state index >= 15 is 0 Å². The zero-order chi connectivity index (χ0) is 17.0. The lowest BCUT2D eigenvalue weighted by molar-refractivity contribution is -0.118. The maximum absolute atomic E-state index is 11.6. The van der Waals surface area contributed by atoms with Gasteiger partial charge in [-0.2, -0.15) is 0 Å². The van der Waals surface area contributed by atoms with Crippen LogP contribution >= 0.6 is 11.6 Å². The smallest absolute Gasteiger partial charge is 0.228 e. The quantitative estimate of drug-likeness (QED) is 0.851. The van der Waals surface area contributed by atoms with Gasteiger partial charge in [-0.15, -0.1) is 0 Å². The summed E-state index contributed by atoms with van der Waals surface area (Å²) in [6, 6.07) is 7.27. The average molecular weight is 334 g/mol. The molecule has 1 heterocycles. The fourth-order valence-corrected chi connectivity index (χ4v) is 2.05. The third-order valence-corrected chi connectivity index (χ3v) is 3.71. The largest absolute Gasteiger partial charge is 0.495 e. The van der Waals surface area contributed by atoms with Crippen molar-refractivity contribution in [2.75, 3.05) is 17.7 Å². The van der Waals surface area contributed by atoms with Crippen molar-refractivity contribution in [3.63, 3.8) is 0 Å². The maximum Gasteiger partial charge on any atom is 0.228 e. The van der Waals surface area contributed by atoms with Crippen LogP contribution in [-0.4, -0.2) is 18.0 Å². The molecule has 0 spiro atoms. The molecule has 0 aliphatic heterocycles. The molecule has 0 aliphatic rings. The summed E-state index contributed by atoms with van der Waals surface area (Å²) in [4.78, 5) is 15.9. The number of amides is 1. The first-order chi connectivity index (χ1) is 10.9. The lowest BCUT2D eigenvalue weighted by atomic mass is 10.2. The van der Waals surface area contributed by atoms with Gasteiger partial charge < -0.3 is 15.4 Å². The molecule has 0 saturated carbocycles. The first kappa shape index (κ1) is 17.1. The van der Waals surface area contributed by atoms with Crippen LogP contribution in [0.3, 0.4) is 0 Å². The first-order valence-corrected chi connectivity index (χ1v) is 7.66. The minimum absolute atomic E-state index is 0.0618. The van der Waals surface area contributed by atoms with E-state index in [1.165, 1.54) is 0 Å². The van der Waals surface area contributed by atoms with Crippen LogP contribution < -0.4 is 15.4 Å². The lowest BCUT2D eigenvalue weighted by Crippen LogP contribution is -2.18. The molecule has 2 aromatic rings. The molecule has 1 aromatic carbocycles. The van der Waals surface area contributed by atoms with Crippen molar-refractivity contribution in [1.82, 2.24) is 4.98 Å². The van der Waals surface area contributed by atoms with Gasteiger partial charge in [0.05, 0.1) is 24.7 Å². The van der Waals surface area contributed by atoms with E-state index in [1.807, 2.05) is 32.9 Å². The van der Waals surface area contributed by atoms with Crippen molar-refractivity contribution in [3.05, 3.63) is 41.0 Å². The molecular formula is C17H20ClN3O2. The Kier molecular flexibility index (Phi) is 5.45. The SMILES string of the molecule is COc1cc(Cl)c(C)cc1Nc1ccc(NC(=O)C(C)C)nc1. The molecule has 2 rings (SSSR count). The number of ether oxygens (including phenoxy) is 1. The van der Waals surface area contributed by atoms with Crippen LogP contribution in [0.4, 0.5) is 17.2 Å². The number of benzene rings is 1. The number of pyridine rings is 1. The van der Waals surface area contributed by atoms with E-state index in [0.717, 1.165) is 16.9 Å². The van der Waals surface area contributed by atoms with Crippen molar-refractivity contribution in [2.24, 2.45) is 5.92 Å². The van der Waals surface area contributed by atoms with E-state index in [0.29, 0.717) is 16.6 Å². The number of methoxy groups -OCH3 is 1. The maximum atomic E-state index is 11.6. The zero-order valence-corrected chi connectivity index (χ0v) is 14.4. The summed E-state index contributed by atoms with van der Waals surface area (Å²) in [5, 5.41) is 6.64. The second-order valence-electron chi connectivity index (χ2n) is 5.50. The standard InChI is InChI=1S/C17H20ClN3O2/c1-10(2)17(22)21-16-6-5-12(9-19-16)20-14-7-11(3)13(18)8-15(14)23-4/h5-10,20H,1-4H3,(H,19,21,22). The van der Waals surface area contributed by atoms with Gasteiger partial charge in [-0.25, -0.2) is 4.98 Å². The summed E-state index contributed by atoms with van der Waals surface area (Å²) in [5.74, 6) is 1.02. The molecule has 0 bridgehead atoms. The number of nitrogens with zero attached hydrogens (tertiary/aromatic N) is 1. The Hall–Kier alpha value is -2.27. The van der Waals surface area contributed by atoms with Crippen LogP contribution in [0.25, 0.3) is 0 Å². The Morgan fingerprint density at radius 3 is 2.61 bits per heavy atom. The van der Waals surface area contributed by atoms with Gasteiger partial charge in [0.15, 0.2) is 0 Å². The van der Waals surface area contributed by atoms with Crippen LogP contribution in [0.15, 0.2) is 30.5 Å². The van der Waals surface area contributed by atoms with Gasteiger partial charge in [-0.3, -0.25) is 4.79 Å². The number of rotatable bonds is 5. The van der Waals surface area contributed by atoms with E-state index < -0.39 is 0 Å².